The van der Waals surface area contributed by atoms with Gasteiger partial charge in [-0.15, -0.1) is 0 Å². The summed E-state index contributed by atoms with van der Waals surface area (Å²) >= 11 is 0. The number of rotatable bonds is 4. The van der Waals surface area contributed by atoms with E-state index in [-0.39, 0.29) is 12.7 Å². The van der Waals surface area contributed by atoms with Crippen LogP contribution in [0.5, 0.6) is 5.75 Å². The van der Waals surface area contributed by atoms with E-state index in [1.807, 2.05) is 0 Å². The maximum absolute atomic E-state index is 9.16. The van der Waals surface area contributed by atoms with Crippen molar-refractivity contribution < 1.29 is 21.7 Å². The lowest BCUT2D eigenvalue weighted by Crippen LogP contribution is -2.26. The molecule has 0 aliphatic carbocycles. The van der Waals surface area contributed by atoms with E-state index >= 15 is 0 Å². The molecular weight excluding hydrogens is 200 g/mol. The highest BCUT2D eigenvalue weighted by Crippen LogP contribution is 2.32. The number of aliphatic hydroxyl groups is 1. The summed E-state index contributed by atoms with van der Waals surface area (Å²) in [6, 6.07) is 6.40. The molecule has 0 saturated carbocycles. The first-order valence-corrected chi connectivity index (χ1v) is 6.23. The van der Waals surface area contributed by atoms with Crippen molar-refractivity contribution in [2.75, 3.05) is 6.61 Å². The molecule has 1 aliphatic heterocycles. The highest BCUT2D eigenvalue weighted by atomic mass is 16.5. The average Bonchev–Trinajstić information content (AvgIpc) is 2.72. The van der Waals surface area contributed by atoms with Gasteiger partial charge in [0.2, 0.25) is 0 Å². The SMILES string of the molecule is CCCCc1cccc2c1OC(CO)CC2.[3H][3H].[3H][3H].[3H][3H].[3H][3H]. The Bertz CT molecular complexity index is 369. The smallest absolute Gasteiger partial charge is 0.126 e. The fraction of sp³-hybridized carbons (Fsp3) is 0.571. The van der Waals surface area contributed by atoms with Gasteiger partial charge in [-0.2, -0.15) is 0 Å². The lowest BCUT2D eigenvalue weighted by Gasteiger charge is -2.26. The fourth-order valence-electron chi connectivity index (χ4n) is 2.22. The summed E-state index contributed by atoms with van der Waals surface area (Å²) in [7, 11) is 0. The predicted molar refractivity (Wildman–Crippen MR) is 73.3 cm³/mol. The normalized spacial score (nSPS) is 21.0. The van der Waals surface area contributed by atoms with Crippen LogP contribution >= 0.6 is 0 Å². The lowest BCUT2D eigenvalue weighted by molar-refractivity contribution is 0.0967. The van der Waals surface area contributed by atoms with Gasteiger partial charge in [-0.1, -0.05) is 31.5 Å². The second-order valence-corrected chi connectivity index (χ2v) is 4.47. The topological polar surface area (TPSA) is 29.5 Å². The molecule has 0 fully saturated rings. The number of hydrogen-bond acceptors (Lipinski definition) is 2. The first-order chi connectivity index (χ1) is 11.8. The first-order valence-electron chi connectivity index (χ1n) is 10.2. The molecule has 0 radical (unpaired) electrons. The molecule has 96 valence electrons. The van der Waals surface area contributed by atoms with Crippen molar-refractivity contribution in [3.63, 3.8) is 0 Å². The van der Waals surface area contributed by atoms with Crippen LogP contribution in [0, 0.1) is 0 Å². The number of fused-ring (bicyclic) bond motifs is 1. The van der Waals surface area contributed by atoms with Gasteiger partial charge in [0, 0.05) is 11.9 Å². The molecular formula is C14H28O2. The van der Waals surface area contributed by atoms with Crippen molar-refractivity contribution in [2.45, 2.75) is 45.1 Å². The summed E-state index contributed by atoms with van der Waals surface area (Å²) in [5.41, 5.74) is 2.61. The molecule has 0 aromatic heterocycles. The Morgan fingerprint density at radius 1 is 1.56 bits per heavy atom. The van der Waals surface area contributed by atoms with Gasteiger partial charge in [-0.3, -0.25) is 0 Å². The predicted octanol–water partition coefficient (Wildman–Crippen LogP) is 3.70. The Morgan fingerprint density at radius 2 is 2.44 bits per heavy atom. The zero-order chi connectivity index (χ0) is 19.4. The van der Waals surface area contributed by atoms with Crippen LogP contribution in [0.25, 0.3) is 0 Å². The van der Waals surface area contributed by atoms with E-state index in [2.05, 4.69) is 25.1 Å². The maximum atomic E-state index is 9.16. The Hall–Kier alpha value is -1.02. The molecule has 0 bridgehead atoms. The molecule has 1 unspecified atom stereocenters. The third kappa shape index (κ3) is 2.38. The van der Waals surface area contributed by atoms with Crippen LogP contribution in [0.2, 0.25) is 0 Å². The van der Waals surface area contributed by atoms with E-state index in [1.54, 1.807) is 0 Å². The number of ether oxygens (including phenoxy) is 1. The van der Waals surface area contributed by atoms with Gasteiger partial charge < -0.3 is 9.84 Å². The maximum Gasteiger partial charge on any atom is 0.126 e. The lowest BCUT2D eigenvalue weighted by atomic mass is 9.97. The summed E-state index contributed by atoms with van der Waals surface area (Å²) in [6.45, 7) is 2.33. The molecule has 16 heavy (non-hydrogen) atoms. The molecule has 1 N–H and O–H groups in total. The number of unbranched alkanes of at least 4 members (excludes halogenated alkanes) is 1. The van der Waals surface area contributed by atoms with Crippen LogP contribution in [-0.4, -0.2) is 17.8 Å². The van der Waals surface area contributed by atoms with Crippen molar-refractivity contribution in [3.8, 4) is 5.75 Å². The van der Waals surface area contributed by atoms with E-state index < -0.39 is 0 Å². The van der Waals surface area contributed by atoms with Crippen molar-refractivity contribution >= 4 is 0 Å². The first kappa shape index (κ1) is 7.33. The summed E-state index contributed by atoms with van der Waals surface area (Å²) < 4.78 is 45.9. The van der Waals surface area contributed by atoms with Gasteiger partial charge in [0.15, 0.2) is 0 Å². The zero-order valence-corrected chi connectivity index (χ0v) is 9.91. The number of hydrogen-bond donors (Lipinski definition) is 1. The van der Waals surface area contributed by atoms with Gasteiger partial charge in [0.1, 0.15) is 11.9 Å². The third-order valence-corrected chi connectivity index (χ3v) is 3.20. The minimum absolute atomic E-state index is 0.00437. The van der Waals surface area contributed by atoms with E-state index in [9.17, 15) is 0 Å². The minimum Gasteiger partial charge on any atom is -0.487 e. The van der Waals surface area contributed by atoms with Gasteiger partial charge in [-0.25, -0.2) is 0 Å². The largest absolute Gasteiger partial charge is 0.487 e. The molecule has 0 amide bonds. The molecule has 2 rings (SSSR count). The Balaban J connectivity index is -0.000000484. The van der Waals surface area contributed by atoms with Gasteiger partial charge in [0.05, 0.1) is 6.61 Å². The Morgan fingerprint density at radius 3 is 3.19 bits per heavy atom. The molecule has 1 atom stereocenters. The quantitative estimate of drug-likeness (QED) is 0.875. The molecule has 1 aliphatic rings. The number of benzene rings is 1. The van der Waals surface area contributed by atoms with Crippen LogP contribution < -0.4 is 4.74 Å². The van der Waals surface area contributed by atoms with Crippen LogP contribution in [0.4, 0.5) is 0 Å². The molecule has 1 aromatic carbocycles. The molecule has 1 aromatic rings. The molecule has 2 nitrogen and oxygen atoms in total. The van der Waals surface area contributed by atoms with Crippen molar-refractivity contribution in [1.29, 1.82) is 0 Å². The highest BCUT2D eigenvalue weighted by molar-refractivity contribution is 5.43. The van der Waals surface area contributed by atoms with Crippen molar-refractivity contribution in [2.24, 2.45) is 0 Å². The summed E-state index contributed by atoms with van der Waals surface area (Å²) in [5, 5.41) is 9.16. The van der Waals surface area contributed by atoms with E-state index in [0.717, 1.165) is 25.0 Å². The standard InChI is InChI=1S/C14H20O2.4H2/c1-2-3-5-11-6-4-7-12-8-9-13(10-15)16-14(11)12;;;;/h4,6-7,13,15H,2-3,5,8-10H2,1H3;4*1H/i;4*1+2T. The number of aliphatic hydroxyl groups excluding tert-OH is 1. The van der Waals surface area contributed by atoms with E-state index in [4.69, 9.17) is 21.7 Å². The van der Waals surface area contributed by atoms with Crippen LogP contribution in [0.3, 0.4) is 0 Å². The highest BCUT2D eigenvalue weighted by Gasteiger charge is 2.20. The molecule has 0 spiro atoms. The second kappa shape index (κ2) is 5.35. The number of para-hydroxylation sites is 1. The second-order valence-electron chi connectivity index (χ2n) is 4.47. The monoisotopic (exact) mass is 244 g/mol. The van der Waals surface area contributed by atoms with Crippen molar-refractivity contribution in [3.05, 3.63) is 29.3 Å². The number of aryl methyl sites for hydroxylation is 2. The third-order valence-electron chi connectivity index (χ3n) is 3.20. The Kier molecular flexibility index (Phi) is 2.45. The van der Waals surface area contributed by atoms with E-state index in [1.165, 1.54) is 24.0 Å². The molecule has 0 saturated heterocycles. The average molecular weight is 244 g/mol. The van der Waals surface area contributed by atoms with E-state index in [0.29, 0.717) is 0 Å². The van der Waals surface area contributed by atoms with Crippen LogP contribution in [-0.2, 0) is 12.8 Å². The van der Waals surface area contributed by atoms with Crippen molar-refractivity contribution in [1.82, 2.24) is 0 Å². The van der Waals surface area contributed by atoms with Gasteiger partial charge in [-0.05, 0) is 36.8 Å². The van der Waals surface area contributed by atoms with Gasteiger partial charge in [0.25, 0.3) is 0 Å². The van der Waals surface area contributed by atoms with Gasteiger partial charge >= 0.3 is 0 Å². The summed E-state index contributed by atoms with van der Waals surface area (Å²) in [5.74, 6) is 1.04. The fourth-order valence-corrected chi connectivity index (χ4v) is 2.22. The van der Waals surface area contributed by atoms with Crippen LogP contribution in [0.15, 0.2) is 18.2 Å². The minimum atomic E-state index is -0.00437. The van der Waals surface area contributed by atoms with Crippen LogP contribution in [0.1, 0.15) is 49.2 Å². The molecule has 1 heterocycles. The molecule has 2 heteroatoms. The Labute approximate surface area is 110 Å². The summed E-state index contributed by atoms with van der Waals surface area (Å²) in [6.07, 6.45) is 5.44. The summed E-state index contributed by atoms with van der Waals surface area (Å²) in [4.78, 5) is 0. The zero-order valence-electron chi connectivity index (χ0n) is 17.9.